The summed E-state index contributed by atoms with van der Waals surface area (Å²) in [5, 5.41) is 12.1. The highest BCUT2D eigenvalue weighted by atomic mass is 32.1. The number of carbonyl (C=O) groups is 1. The fourth-order valence-corrected chi connectivity index (χ4v) is 3.49. The number of aliphatic hydroxyl groups is 1. The molecule has 0 fully saturated rings. The molecule has 26 heavy (non-hydrogen) atoms. The fourth-order valence-electron chi connectivity index (χ4n) is 2.76. The fraction of sp³-hybridized carbons (Fsp3) is 0.263. The Morgan fingerprint density at radius 3 is 2.88 bits per heavy atom. The molecule has 2 heterocycles. The Morgan fingerprint density at radius 1 is 1.38 bits per heavy atom. The number of ether oxygens (including phenoxy) is 1. The molecular formula is C19H21N3O3S. The molecule has 136 valence electrons. The normalized spacial score (nSPS) is 13.3. The van der Waals surface area contributed by atoms with Crippen molar-refractivity contribution < 1.29 is 14.6 Å². The number of aliphatic hydroxyl groups excluding tert-OH is 1. The smallest absolute Gasteiger partial charge is 0.268 e. The largest absolute Gasteiger partial charge is 0.493 e. The zero-order valence-corrected chi connectivity index (χ0v) is 15.2. The summed E-state index contributed by atoms with van der Waals surface area (Å²) < 4.78 is 7.57. The zero-order chi connectivity index (χ0) is 18.5. The number of amides is 1. The van der Waals surface area contributed by atoms with Crippen LogP contribution in [-0.2, 0) is 0 Å². The number of nitrogens with two attached hydrogens (primary N) is 1. The molecule has 0 spiro atoms. The Morgan fingerprint density at radius 2 is 2.23 bits per heavy atom. The van der Waals surface area contributed by atoms with E-state index in [4.69, 9.17) is 10.5 Å². The van der Waals surface area contributed by atoms with E-state index in [0.29, 0.717) is 13.0 Å². The molecule has 0 saturated carbocycles. The Kier molecular flexibility index (Phi) is 5.70. The molecule has 0 aliphatic heterocycles. The lowest BCUT2D eigenvalue weighted by Crippen LogP contribution is -2.23. The maximum Gasteiger partial charge on any atom is 0.268 e. The van der Waals surface area contributed by atoms with Crippen molar-refractivity contribution >= 4 is 17.2 Å². The summed E-state index contributed by atoms with van der Waals surface area (Å²) in [6.07, 6.45) is 3.01. The number of rotatable bonds is 8. The minimum atomic E-state index is -0.619. The first kappa shape index (κ1) is 18.2. The standard InChI is InChI=1S/C19H21N3O3S/c1-13(23)17(22-11-16(19(20)24)21-12-22)7-8-25-15-5-2-4-14(10-15)18-6-3-9-26-18/h2-6,9-13,17,23H,7-8H2,1H3,(H2,20,24). The number of hydrogen-bond acceptors (Lipinski definition) is 5. The van der Waals surface area contributed by atoms with Gasteiger partial charge in [0.25, 0.3) is 5.91 Å². The molecule has 6 nitrogen and oxygen atoms in total. The monoisotopic (exact) mass is 371 g/mol. The van der Waals surface area contributed by atoms with Gasteiger partial charge < -0.3 is 20.1 Å². The Labute approximate surface area is 155 Å². The average molecular weight is 371 g/mol. The topological polar surface area (TPSA) is 90.4 Å². The van der Waals surface area contributed by atoms with Crippen molar-refractivity contribution in [2.45, 2.75) is 25.5 Å². The number of aromatic nitrogens is 2. The van der Waals surface area contributed by atoms with Gasteiger partial charge in [0.05, 0.1) is 25.1 Å². The van der Waals surface area contributed by atoms with Gasteiger partial charge in [-0.3, -0.25) is 4.79 Å². The molecule has 0 saturated heterocycles. The summed E-state index contributed by atoms with van der Waals surface area (Å²) in [5.41, 5.74) is 6.53. The van der Waals surface area contributed by atoms with E-state index in [2.05, 4.69) is 11.1 Å². The van der Waals surface area contributed by atoms with Crippen LogP contribution < -0.4 is 10.5 Å². The maximum absolute atomic E-state index is 11.2. The molecule has 7 heteroatoms. The third-order valence-electron chi connectivity index (χ3n) is 4.12. The third kappa shape index (κ3) is 4.30. The zero-order valence-electron chi connectivity index (χ0n) is 14.4. The van der Waals surface area contributed by atoms with Gasteiger partial charge in [-0.25, -0.2) is 4.98 Å². The van der Waals surface area contributed by atoms with Gasteiger partial charge in [0.1, 0.15) is 11.4 Å². The van der Waals surface area contributed by atoms with E-state index in [-0.39, 0.29) is 11.7 Å². The van der Waals surface area contributed by atoms with Crippen molar-refractivity contribution in [3.05, 3.63) is 60.0 Å². The highest BCUT2D eigenvalue weighted by molar-refractivity contribution is 7.13. The molecule has 2 atom stereocenters. The van der Waals surface area contributed by atoms with Crippen molar-refractivity contribution in [1.82, 2.24) is 9.55 Å². The van der Waals surface area contributed by atoms with Crippen molar-refractivity contribution in [3.63, 3.8) is 0 Å². The van der Waals surface area contributed by atoms with Gasteiger partial charge in [-0.1, -0.05) is 18.2 Å². The number of carbonyl (C=O) groups excluding carboxylic acids is 1. The number of nitrogens with zero attached hydrogens (tertiary/aromatic N) is 2. The molecular weight excluding hydrogens is 350 g/mol. The van der Waals surface area contributed by atoms with Gasteiger partial charge in [0.2, 0.25) is 0 Å². The number of benzene rings is 1. The second-order valence-electron chi connectivity index (χ2n) is 6.02. The molecule has 0 radical (unpaired) electrons. The first-order valence-electron chi connectivity index (χ1n) is 8.32. The first-order chi connectivity index (χ1) is 12.5. The third-order valence-corrected chi connectivity index (χ3v) is 5.03. The summed E-state index contributed by atoms with van der Waals surface area (Å²) in [5.74, 6) is 0.193. The van der Waals surface area contributed by atoms with Gasteiger partial charge in [-0.15, -0.1) is 11.3 Å². The average Bonchev–Trinajstić information content (AvgIpc) is 3.30. The Balaban J connectivity index is 1.63. The summed E-state index contributed by atoms with van der Waals surface area (Å²) >= 11 is 1.68. The van der Waals surface area contributed by atoms with E-state index in [1.165, 1.54) is 11.2 Å². The molecule has 2 unspecified atom stereocenters. The molecule has 1 amide bonds. The number of primary amides is 1. The Bertz CT molecular complexity index is 859. The van der Waals surface area contributed by atoms with E-state index in [1.54, 1.807) is 29.0 Å². The lowest BCUT2D eigenvalue weighted by atomic mass is 10.1. The van der Waals surface area contributed by atoms with Crippen LogP contribution in [-0.4, -0.2) is 33.3 Å². The highest BCUT2D eigenvalue weighted by Crippen LogP contribution is 2.28. The predicted molar refractivity (Wildman–Crippen MR) is 101 cm³/mol. The molecule has 3 rings (SSSR count). The molecule has 3 aromatic rings. The summed E-state index contributed by atoms with van der Waals surface area (Å²) in [4.78, 5) is 16.3. The van der Waals surface area contributed by atoms with Crippen LogP contribution in [0.3, 0.4) is 0 Å². The SMILES string of the molecule is CC(O)C(CCOc1cccc(-c2cccs2)c1)n1cnc(C(N)=O)c1. The van der Waals surface area contributed by atoms with Crippen LogP contribution in [0.1, 0.15) is 29.9 Å². The van der Waals surface area contributed by atoms with Gasteiger partial charge in [-0.05, 0) is 36.1 Å². The summed E-state index contributed by atoms with van der Waals surface area (Å²) in [6.45, 7) is 2.12. The van der Waals surface area contributed by atoms with Crippen LogP contribution in [0.15, 0.2) is 54.3 Å². The molecule has 0 aliphatic carbocycles. The molecule has 2 aromatic heterocycles. The number of imidazole rings is 1. The molecule has 0 aliphatic rings. The van der Waals surface area contributed by atoms with E-state index >= 15 is 0 Å². The van der Waals surface area contributed by atoms with E-state index in [1.807, 2.05) is 35.7 Å². The van der Waals surface area contributed by atoms with E-state index < -0.39 is 12.0 Å². The van der Waals surface area contributed by atoms with Crippen LogP contribution in [0.25, 0.3) is 10.4 Å². The molecule has 1 aromatic carbocycles. The quantitative estimate of drug-likeness (QED) is 0.637. The number of hydrogen-bond donors (Lipinski definition) is 2. The van der Waals surface area contributed by atoms with Gasteiger partial charge in [-0.2, -0.15) is 0 Å². The van der Waals surface area contributed by atoms with Gasteiger partial charge in [0.15, 0.2) is 0 Å². The van der Waals surface area contributed by atoms with Crippen LogP contribution in [0, 0.1) is 0 Å². The lowest BCUT2D eigenvalue weighted by Gasteiger charge is -2.21. The van der Waals surface area contributed by atoms with Crippen molar-refractivity contribution in [2.24, 2.45) is 5.73 Å². The minimum Gasteiger partial charge on any atom is -0.493 e. The Hall–Kier alpha value is -2.64. The van der Waals surface area contributed by atoms with E-state index in [0.717, 1.165) is 11.3 Å². The highest BCUT2D eigenvalue weighted by Gasteiger charge is 2.18. The van der Waals surface area contributed by atoms with Crippen LogP contribution in [0.5, 0.6) is 5.75 Å². The van der Waals surface area contributed by atoms with Gasteiger partial charge in [0, 0.05) is 17.5 Å². The second-order valence-corrected chi connectivity index (χ2v) is 6.97. The van der Waals surface area contributed by atoms with Crippen molar-refractivity contribution in [1.29, 1.82) is 0 Å². The van der Waals surface area contributed by atoms with Crippen molar-refractivity contribution in [2.75, 3.05) is 6.61 Å². The first-order valence-corrected chi connectivity index (χ1v) is 9.20. The number of thiophene rings is 1. The predicted octanol–water partition coefficient (Wildman–Crippen LogP) is 3.10. The second kappa shape index (κ2) is 8.16. The maximum atomic E-state index is 11.2. The van der Waals surface area contributed by atoms with Gasteiger partial charge >= 0.3 is 0 Å². The van der Waals surface area contributed by atoms with E-state index in [9.17, 15) is 9.90 Å². The van der Waals surface area contributed by atoms with Crippen LogP contribution in [0.4, 0.5) is 0 Å². The molecule has 3 N–H and O–H groups in total. The molecule has 0 bridgehead atoms. The summed E-state index contributed by atoms with van der Waals surface area (Å²) in [7, 11) is 0. The summed E-state index contributed by atoms with van der Waals surface area (Å²) in [6, 6.07) is 11.8. The minimum absolute atomic E-state index is 0.181. The van der Waals surface area contributed by atoms with Crippen LogP contribution in [0.2, 0.25) is 0 Å². The van der Waals surface area contributed by atoms with Crippen LogP contribution >= 0.6 is 11.3 Å². The van der Waals surface area contributed by atoms with Crippen molar-refractivity contribution in [3.8, 4) is 16.2 Å². The lowest BCUT2D eigenvalue weighted by molar-refractivity contribution is 0.0993.